The maximum atomic E-state index is 11.8. The molecule has 0 aliphatic rings. The van der Waals surface area contributed by atoms with Gasteiger partial charge in [-0.1, -0.05) is 6.92 Å². The van der Waals surface area contributed by atoms with E-state index in [0.29, 0.717) is 23.6 Å². The molecule has 0 atom stereocenters. The number of aromatic nitrogens is 4. The normalized spacial score (nSPS) is 11.6. The van der Waals surface area contributed by atoms with E-state index in [1.807, 2.05) is 0 Å². The van der Waals surface area contributed by atoms with E-state index < -0.39 is 10.0 Å². The zero-order chi connectivity index (χ0) is 13.2. The standard InChI is InChI=1S/C10H13N5O2S/c1-2-5-18(16,17)15-7-8(6-13-15)10-12-4-3-9(11)14-10/h3-4,6-7H,2,5H2,1H3,(H2,11,12,14). The minimum Gasteiger partial charge on any atom is -0.384 e. The lowest BCUT2D eigenvalue weighted by Gasteiger charge is -2.00. The van der Waals surface area contributed by atoms with Crippen molar-refractivity contribution in [2.45, 2.75) is 13.3 Å². The molecule has 2 N–H and O–H groups in total. The number of hydrogen-bond donors (Lipinski definition) is 1. The highest BCUT2D eigenvalue weighted by Crippen LogP contribution is 2.15. The first kappa shape index (κ1) is 12.5. The third kappa shape index (κ3) is 2.48. The summed E-state index contributed by atoms with van der Waals surface area (Å²) >= 11 is 0. The monoisotopic (exact) mass is 267 g/mol. The van der Waals surface area contributed by atoms with E-state index in [-0.39, 0.29) is 5.75 Å². The quantitative estimate of drug-likeness (QED) is 0.865. The highest BCUT2D eigenvalue weighted by Gasteiger charge is 2.14. The average Bonchev–Trinajstić information content (AvgIpc) is 2.78. The van der Waals surface area contributed by atoms with Crippen LogP contribution >= 0.6 is 0 Å². The van der Waals surface area contributed by atoms with Crippen LogP contribution in [0.15, 0.2) is 24.7 Å². The third-order valence-electron chi connectivity index (χ3n) is 2.24. The Hall–Kier alpha value is -1.96. The van der Waals surface area contributed by atoms with E-state index in [1.165, 1.54) is 18.6 Å². The molecule has 18 heavy (non-hydrogen) atoms. The molecule has 2 aromatic rings. The summed E-state index contributed by atoms with van der Waals surface area (Å²) in [7, 11) is -3.39. The molecule has 0 radical (unpaired) electrons. The van der Waals surface area contributed by atoms with Crippen LogP contribution in [0, 0.1) is 0 Å². The zero-order valence-electron chi connectivity index (χ0n) is 9.81. The smallest absolute Gasteiger partial charge is 0.253 e. The van der Waals surface area contributed by atoms with Crippen molar-refractivity contribution in [1.29, 1.82) is 0 Å². The van der Waals surface area contributed by atoms with Gasteiger partial charge in [-0.05, 0) is 12.5 Å². The second-order valence-corrected chi connectivity index (χ2v) is 5.67. The number of nitrogen functional groups attached to an aromatic ring is 1. The van der Waals surface area contributed by atoms with E-state index in [4.69, 9.17) is 5.73 Å². The van der Waals surface area contributed by atoms with Crippen LogP contribution in [0.3, 0.4) is 0 Å². The van der Waals surface area contributed by atoms with E-state index >= 15 is 0 Å². The molecule has 2 heterocycles. The molecule has 0 fully saturated rings. The minimum atomic E-state index is -3.39. The van der Waals surface area contributed by atoms with E-state index in [2.05, 4.69) is 15.1 Å². The van der Waals surface area contributed by atoms with E-state index in [9.17, 15) is 8.42 Å². The summed E-state index contributed by atoms with van der Waals surface area (Å²) in [6.07, 6.45) is 4.84. The van der Waals surface area contributed by atoms with Gasteiger partial charge in [-0.3, -0.25) is 0 Å². The summed E-state index contributed by atoms with van der Waals surface area (Å²) in [4.78, 5) is 8.02. The summed E-state index contributed by atoms with van der Waals surface area (Å²) in [5, 5.41) is 3.82. The molecular formula is C10H13N5O2S. The highest BCUT2D eigenvalue weighted by molar-refractivity contribution is 7.89. The molecule has 0 bridgehead atoms. The summed E-state index contributed by atoms with van der Waals surface area (Å²) < 4.78 is 24.5. The van der Waals surface area contributed by atoms with Crippen LogP contribution in [0.5, 0.6) is 0 Å². The van der Waals surface area contributed by atoms with Gasteiger partial charge in [0.1, 0.15) is 5.82 Å². The largest absolute Gasteiger partial charge is 0.384 e. The van der Waals surface area contributed by atoms with Crippen molar-refractivity contribution in [1.82, 2.24) is 19.2 Å². The first-order valence-electron chi connectivity index (χ1n) is 5.40. The van der Waals surface area contributed by atoms with Crippen molar-refractivity contribution in [2.75, 3.05) is 11.5 Å². The number of nitrogens with two attached hydrogens (primary N) is 1. The SMILES string of the molecule is CCCS(=O)(=O)n1cc(-c2nccc(N)n2)cn1. The predicted octanol–water partition coefficient (Wildman–Crippen LogP) is 0.510. The Labute approximate surface area is 105 Å². The Morgan fingerprint density at radius 1 is 1.44 bits per heavy atom. The molecule has 0 aliphatic heterocycles. The Balaban J connectivity index is 2.37. The summed E-state index contributed by atoms with van der Waals surface area (Å²) in [5.41, 5.74) is 6.06. The molecule has 2 rings (SSSR count). The fourth-order valence-electron chi connectivity index (χ4n) is 1.44. The van der Waals surface area contributed by atoms with Gasteiger partial charge in [-0.15, -0.1) is 0 Å². The van der Waals surface area contributed by atoms with Crippen LogP contribution in [0.2, 0.25) is 0 Å². The van der Waals surface area contributed by atoms with Crippen LogP contribution in [0.4, 0.5) is 5.82 Å². The van der Waals surface area contributed by atoms with Crippen molar-refractivity contribution in [2.24, 2.45) is 0 Å². The summed E-state index contributed by atoms with van der Waals surface area (Å²) in [6.45, 7) is 1.79. The average molecular weight is 267 g/mol. The molecule has 0 aliphatic carbocycles. The van der Waals surface area contributed by atoms with Gasteiger partial charge >= 0.3 is 0 Å². The van der Waals surface area contributed by atoms with Crippen LogP contribution in [0.1, 0.15) is 13.3 Å². The van der Waals surface area contributed by atoms with Crippen LogP contribution in [0.25, 0.3) is 11.4 Å². The molecule has 0 saturated carbocycles. The van der Waals surface area contributed by atoms with Crippen molar-refractivity contribution in [3.05, 3.63) is 24.7 Å². The number of nitrogens with zero attached hydrogens (tertiary/aromatic N) is 4. The lowest BCUT2D eigenvalue weighted by atomic mass is 10.3. The van der Waals surface area contributed by atoms with Crippen LogP contribution in [-0.4, -0.2) is 33.3 Å². The highest BCUT2D eigenvalue weighted by atomic mass is 32.2. The molecule has 0 aromatic carbocycles. The van der Waals surface area contributed by atoms with Gasteiger partial charge in [0.2, 0.25) is 0 Å². The van der Waals surface area contributed by atoms with Crippen LogP contribution < -0.4 is 5.73 Å². The fraction of sp³-hybridized carbons (Fsp3) is 0.300. The predicted molar refractivity (Wildman–Crippen MR) is 67.1 cm³/mol. The van der Waals surface area contributed by atoms with Crippen molar-refractivity contribution >= 4 is 15.8 Å². The molecule has 2 aromatic heterocycles. The van der Waals surface area contributed by atoms with Gasteiger partial charge in [0.05, 0.1) is 23.7 Å². The van der Waals surface area contributed by atoms with Gasteiger partial charge in [-0.25, -0.2) is 18.4 Å². The molecule has 8 heteroatoms. The topological polar surface area (TPSA) is 104 Å². The van der Waals surface area contributed by atoms with Gasteiger partial charge in [0.15, 0.2) is 5.82 Å². The number of hydrogen-bond acceptors (Lipinski definition) is 6. The molecular weight excluding hydrogens is 254 g/mol. The Kier molecular flexibility index (Phi) is 3.28. The second kappa shape index (κ2) is 4.73. The van der Waals surface area contributed by atoms with E-state index in [1.54, 1.807) is 13.0 Å². The fourth-order valence-corrected chi connectivity index (χ4v) is 2.60. The Morgan fingerprint density at radius 3 is 2.89 bits per heavy atom. The molecule has 7 nitrogen and oxygen atoms in total. The molecule has 0 spiro atoms. The first-order valence-corrected chi connectivity index (χ1v) is 7.00. The number of anilines is 1. The molecule has 0 saturated heterocycles. The van der Waals surface area contributed by atoms with Gasteiger partial charge < -0.3 is 5.73 Å². The maximum absolute atomic E-state index is 11.8. The first-order chi connectivity index (χ1) is 8.53. The summed E-state index contributed by atoms with van der Waals surface area (Å²) in [6, 6.07) is 1.56. The minimum absolute atomic E-state index is 0.0475. The van der Waals surface area contributed by atoms with Crippen molar-refractivity contribution in [3.63, 3.8) is 0 Å². The van der Waals surface area contributed by atoms with Crippen LogP contribution in [-0.2, 0) is 10.0 Å². The Morgan fingerprint density at radius 2 is 2.22 bits per heavy atom. The lowest BCUT2D eigenvalue weighted by Crippen LogP contribution is -2.16. The van der Waals surface area contributed by atoms with Gasteiger partial charge in [-0.2, -0.15) is 9.19 Å². The second-order valence-electron chi connectivity index (χ2n) is 3.72. The third-order valence-corrected chi connectivity index (χ3v) is 3.94. The van der Waals surface area contributed by atoms with Gasteiger partial charge in [0, 0.05) is 6.20 Å². The van der Waals surface area contributed by atoms with E-state index in [0.717, 1.165) is 4.09 Å². The Bertz CT molecular complexity index is 650. The zero-order valence-corrected chi connectivity index (χ0v) is 10.6. The van der Waals surface area contributed by atoms with Crippen molar-refractivity contribution in [3.8, 4) is 11.4 Å². The lowest BCUT2D eigenvalue weighted by molar-refractivity contribution is 0.578. The van der Waals surface area contributed by atoms with Gasteiger partial charge in [0.25, 0.3) is 10.0 Å². The maximum Gasteiger partial charge on any atom is 0.253 e. The van der Waals surface area contributed by atoms with Crippen molar-refractivity contribution < 1.29 is 8.42 Å². The summed E-state index contributed by atoms with van der Waals surface area (Å²) in [5.74, 6) is 0.725. The molecule has 96 valence electrons. The molecule has 0 amide bonds. The number of rotatable bonds is 4. The molecule has 0 unspecified atom stereocenters.